The van der Waals surface area contributed by atoms with Gasteiger partial charge in [0.05, 0.1) is 0 Å². The summed E-state index contributed by atoms with van der Waals surface area (Å²) >= 11 is 0. The maximum Gasteiger partial charge on any atom is 0.323 e. The number of ether oxygens (including phenoxy) is 1. The van der Waals surface area contributed by atoms with Crippen LogP contribution in [0.1, 0.15) is 34.1 Å². The van der Waals surface area contributed by atoms with Crippen molar-refractivity contribution < 1.29 is 9.53 Å². The van der Waals surface area contributed by atoms with Crippen LogP contribution in [0, 0.1) is 5.92 Å². The van der Waals surface area contributed by atoms with E-state index in [-0.39, 0.29) is 17.6 Å². The van der Waals surface area contributed by atoms with E-state index >= 15 is 0 Å². The van der Waals surface area contributed by atoms with Gasteiger partial charge in [-0.25, -0.2) is 0 Å². The van der Waals surface area contributed by atoms with Crippen LogP contribution in [0.2, 0.25) is 0 Å². The van der Waals surface area contributed by atoms with Crippen LogP contribution in [0.3, 0.4) is 0 Å². The maximum absolute atomic E-state index is 11.5. The molecule has 0 aromatic rings. The average molecular weight is 185 g/mol. The van der Waals surface area contributed by atoms with Crippen LogP contribution < -0.4 is 5.32 Å². The van der Waals surface area contributed by atoms with E-state index in [1.54, 1.807) is 0 Å². The third-order valence-corrected chi connectivity index (χ3v) is 2.04. The summed E-state index contributed by atoms with van der Waals surface area (Å²) in [7, 11) is 0. The van der Waals surface area contributed by atoms with Gasteiger partial charge in [-0.3, -0.25) is 4.79 Å². The lowest BCUT2D eigenvalue weighted by Crippen LogP contribution is -2.37. The van der Waals surface area contributed by atoms with Gasteiger partial charge in [-0.15, -0.1) is 0 Å². The molecule has 0 amide bonds. The molecule has 0 radical (unpaired) electrons. The zero-order valence-electron chi connectivity index (χ0n) is 8.89. The molecule has 0 aliphatic carbocycles. The highest BCUT2D eigenvalue weighted by Gasteiger charge is 2.30. The van der Waals surface area contributed by atoms with Crippen LogP contribution in [0.25, 0.3) is 0 Å². The summed E-state index contributed by atoms with van der Waals surface area (Å²) in [6, 6.07) is -0.0887. The van der Waals surface area contributed by atoms with Gasteiger partial charge >= 0.3 is 5.97 Å². The lowest BCUT2D eigenvalue weighted by molar-refractivity contribution is -0.157. The van der Waals surface area contributed by atoms with Crippen molar-refractivity contribution in [1.29, 1.82) is 0 Å². The zero-order chi connectivity index (χ0) is 10.1. The van der Waals surface area contributed by atoms with E-state index < -0.39 is 0 Å². The maximum atomic E-state index is 11.5. The molecule has 3 heteroatoms. The van der Waals surface area contributed by atoms with E-state index in [9.17, 15) is 4.79 Å². The molecular formula is C10H19NO2. The van der Waals surface area contributed by atoms with Crippen LogP contribution in [-0.4, -0.2) is 24.2 Å². The van der Waals surface area contributed by atoms with E-state index in [0.29, 0.717) is 5.92 Å². The van der Waals surface area contributed by atoms with Gasteiger partial charge < -0.3 is 10.1 Å². The fourth-order valence-corrected chi connectivity index (χ4v) is 1.46. The van der Waals surface area contributed by atoms with Crippen LogP contribution >= 0.6 is 0 Å². The molecule has 1 aliphatic rings. The first-order chi connectivity index (χ1) is 5.88. The largest absolute Gasteiger partial charge is 0.459 e. The van der Waals surface area contributed by atoms with Crippen molar-refractivity contribution in [3.8, 4) is 0 Å². The van der Waals surface area contributed by atoms with Crippen molar-refractivity contribution in [3.05, 3.63) is 0 Å². The fraction of sp³-hybridized carbons (Fsp3) is 0.900. The van der Waals surface area contributed by atoms with Gasteiger partial charge in [0.2, 0.25) is 0 Å². The number of hydrogen-bond acceptors (Lipinski definition) is 3. The minimum atomic E-state index is -0.370. The van der Waals surface area contributed by atoms with Crippen molar-refractivity contribution in [3.63, 3.8) is 0 Å². The van der Waals surface area contributed by atoms with Crippen molar-refractivity contribution >= 4 is 5.97 Å². The number of carbonyl (C=O) groups excluding carboxylic acids is 1. The second-order valence-electron chi connectivity index (χ2n) is 4.84. The van der Waals surface area contributed by atoms with E-state index in [1.165, 1.54) is 0 Å². The minimum Gasteiger partial charge on any atom is -0.459 e. The van der Waals surface area contributed by atoms with Crippen molar-refractivity contribution in [2.45, 2.75) is 45.8 Å². The van der Waals surface area contributed by atoms with E-state index in [4.69, 9.17) is 4.74 Å². The lowest BCUT2D eigenvalue weighted by atomic mass is 10.1. The van der Waals surface area contributed by atoms with Crippen LogP contribution in [0.15, 0.2) is 0 Å². The molecule has 76 valence electrons. The standard InChI is InChI=1S/C10H19NO2/c1-7-5-8(11-6-7)9(12)13-10(2,3)4/h7-8,11H,5-6H2,1-4H3/t7-,8?/m0/s1. The Morgan fingerprint density at radius 3 is 2.46 bits per heavy atom. The topological polar surface area (TPSA) is 38.3 Å². The molecule has 1 aliphatic heterocycles. The molecule has 3 nitrogen and oxygen atoms in total. The van der Waals surface area contributed by atoms with Crippen molar-refractivity contribution in [2.24, 2.45) is 5.92 Å². The lowest BCUT2D eigenvalue weighted by Gasteiger charge is -2.22. The third kappa shape index (κ3) is 3.35. The van der Waals surface area contributed by atoms with Gasteiger partial charge in [-0.1, -0.05) is 6.92 Å². The number of carbonyl (C=O) groups is 1. The molecule has 1 saturated heterocycles. The number of rotatable bonds is 1. The number of nitrogens with one attached hydrogen (secondary N) is 1. The smallest absolute Gasteiger partial charge is 0.323 e. The molecule has 1 fully saturated rings. The van der Waals surface area contributed by atoms with Gasteiger partial charge in [0, 0.05) is 0 Å². The Morgan fingerprint density at radius 2 is 2.08 bits per heavy atom. The first-order valence-electron chi connectivity index (χ1n) is 4.85. The third-order valence-electron chi connectivity index (χ3n) is 2.04. The Bertz CT molecular complexity index is 196. The molecule has 1 rings (SSSR count). The van der Waals surface area contributed by atoms with Gasteiger partial charge in [0.25, 0.3) is 0 Å². The number of hydrogen-bond donors (Lipinski definition) is 1. The first-order valence-corrected chi connectivity index (χ1v) is 4.85. The SMILES string of the molecule is C[C@@H]1CNC(C(=O)OC(C)(C)C)C1. The second kappa shape index (κ2) is 3.66. The molecule has 0 spiro atoms. The Morgan fingerprint density at radius 1 is 1.46 bits per heavy atom. The van der Waals surface area contributed by atoms with Crippen molar-refractivity contribution in [2.75, 3.05) is 6.54 Å². The Hall–Kier alpha value is -0.570. The normalized spacial score (nSPS) is 28.9. The molecule has 1 unspecified atom stereocenters. The summed E-state index contributed by atoms with van der Waals surface area (Å²) in [5, 5.41) is 3.15. The molecule has 0 saturated carbocycles. The van der Waals surface area contributed by atoms with E-state index in [0.717, 1.165) is 13.0 Å². The molecule has 1 heterocycles. The van der Waals surface area contributed by atoms with Gasteiger partial charge in [0.1, 0.15) is 11.6 Å². The highest BCUT2D eigenvalue weighted by atomic mass is 16.6. The van der Waals surface area contributed by atoms with Gasteiger partial charge in [-0.05, 0) is 39.7 Å². The van der Waals surface area contributed by atoms with Crippen molar-refractivity contribution in [1.82, 2.24) is 5.32 Å². The average Bonchev–Trinajstić information content (AvgIpc) is 2.31. The quantitative estimate of drug-likeness (QED) is 0.626. The van der Waals surface area contributed by atoms with Crippen LogP contribution in [-0.2, 0) is 9.53 Å². The first kappa shape index (κ1) is 10.5. The van der Waals surface area contributed by atoms with Crippen LogP contribution in [0.5, 0.6) is 0 Å². The van der Waals surface area contributed by atoms with Crippen LogP contribution in [0.4, 0.5) is 0 Å². The summed E-state index contributed by atoms with van der Waals surface area (Å²) in [6.45, 7) is 8.73. The van der Waals surface area contributed by atoms with E-state index in [1.807, 2.05) is 20.8 Å². The molecule has 2 atom stereocenters. The monoisotopic (exact) mass is 185 g/mol. The second-order valence-corrected chi connectivity index (χ2v) is 4.84. The Labute approximate surface area is 79.8 Å². The highest BCUT2D eigenvalue weighted by molar-refractivity contribution is 5.76. The Balaban J connectivity index is 2.41. The van der Waals surface area contributed by atoms with Gasteiger partial charge in [0.15, 0.2) is 0 Å². The predicted octanol–water partition coefficient (Wildman–Crippen LogP) is 1.33. The molecule has 0 aromatic heterocycles. The molecule has 1 N–H and O–H groups in total. The molecule has 13 heavy (non-hydrogen) atoms. The summed E-state index contributed by atoms with van der Waals surface area (Å²) in [6.07, 6.45) is 0.898. The Kier molecular flexibility index (Phi) is 2.96. The summed E-state index contributed by atoms with van der Waals surface area (Å²) in [5.74, 6) is 0.467. The predicted molar refractivity (Wildman–Crippen MR) is 51.4 cm³/mol. The molecule has 0 aromatic carbocycles. The molecular weight excluding hydrogens is 166 g/mol. The number of esters is 1. The minimum absolute atomic E-state index is 0.0887. The summed E-state index contributed by atoms with van der Waals surface area (Å²) < 4.78 is 5.27. The zero-order valence-corrected chi connectivity index (χ0v) is 8.89. The summed E-state index contributed by atoms with van der Waals surface area (Å²) in [4.78, 5) is 11.5. The van der Waals surface area contributed by atoms with E-state index in [2.05, 4.69) is 12.2 Å². The molecule has 0 bridgehead atoms. The fourth-order valence-electron chi connectivity index (χ4n) is 1.46. The summed E-state index contributed by atoms with van der Waals surface area (Å²) in [5.41, 5.74) is -0.370. The highest BCUT2D eigenvalue weighted by Crippen LogP contribution is 2.16. The van der Waals surface area contributed by atoms with Gasteiger partial charge in [-0.2, -0.15) is 0 Å².